The molecule has 4 aromatic carbocycles. The highest BCUT2D eigenvalue weighted by Crippen LogP contribution is 2.19. The van der Waals surface area contributed by atoms with Gasteiger partial charge in [0.15, 0.2) is 0 Å². The summed E-state index contributed by atoms with van der Waals surface area (Å²) in [5.74, 6) is -2.16. The minimum Gasteiger partial charge on any atom is -0.445 e. The van der Waals surface area contributed by atoms with Crippen LogP contribution in [-0.4, -0.2) is 70.7 Å². The van der Waals surface area contributed by atoms with Gasteiger partial charge < -0.3 is 41.4 Å². The second kappa shape index (κ2) is 21.5. The zero-order chi connectivity index (χ0) is 41.4. The van der Waals surface area contributed by atoms with E-state index in [2.05, 4.69) is 31.6 Å². The molecule has 0 aliphatic carbocycles. The van der Waals surface area contributed by atoms with Gasteiger partial charge in [-0.3, -0.25) is 14.4 Å². The van der Waals surface area contributed by atoms with Crippen LogP contribution in [0.15, 0.2) is 121 Å². The summed E-state index contributed by atoms with van der Waals surface area (Å²) in [5.41, 5.74) is 4.52. The van der Waals surface area contributed by atoms with Gasteiger partial charge in [0.25, 0.3) is 0 Å². The fourth-order valence-electron chi connectivity index (χ4n) is 6.80. The molecule has 7 N–H and O–H groups in total. The van der Waals surface area contributed by atoms with Crippen molar-refractivity contribution in [3.8, 4) is 0 Å². The van der Waals surface area contributed by atoms with Gasteiger partial charge in [-0.2, -0.15) is 0 Å². The van der Waals surface area contributed by atoms with E-state index >= 15 is 0 Å². The van der Waals surface area contributed by atoms with Crippen LogP contribution in [-0.2, 0) is 45.1 Å². The molecule has 0 radical (unpaired) electrons. The van der Waals surface area contributed by atoms with Crippen LogP contribution in [0.5, 0.6) is 0 Å². The molecule has 1 aromatic heterocycles. The summed E-state index contributed by atoms with van der Waals surface area (Å²) in [5, 5.41) is 28.1. The van der Waals surface area contributed by atoms with Gasteiger partial charge in [-0.1, -0.05) is 137 Å². The quantitative estimate of drug-likeness (QED) is 0.0571. The second-order valence-corrected chi connectivity index (χ2v) is 15.2. The summed E-state index contributed by atoms with van der Waals surface area (Å²) >= 11 is 0. The molecule has 0 aliphatic heterocycles. The van der Waals surface area contributed by atoms with Crippen LogP contribution in [0.25, 0.3) is 10.9 Å². The number of aromatic amines is 1. The Hall–Kier alpha value is -5.98. The molecule has 12 nitrogen and oxygen atoms in total. The summed E-state index contributed by atoms with van der Waals surface area (Å²) in [6.45, 7) is 7.86. The molecule has 0 saturated carbocycles. The third kappa shape index (κ3) is 12.5. The summed E-state index contributed by atoms with van der Waals surface area (Å²) in [6.07, 6.45) is 0.359. The maximum atomic E-state index is 14.4. The third-order valence-electron chi connectivity index (χ3n) is 10.1. The molecule has 4 amide bonds. The molecule has 5 atom stereocenters. The Morgan fingerprint density at radius 2 is 1.19 bits per heavy atom. The van der Waals surface area contributed by atoms with Gasteiger partial charge in [-0.25, -0.2) is 4.79 Å². The predicted molar refractivity (Wildman–Crippen MR) is 225 cm³/mol. The van der Waals surface area contributed by atoms with Crippen molar-refractivity contribution in [3.05, 3.63) is 144 Å². The molecular formula is C46H56N6O6. The lowest BCUT2D eigenvalue weighted by Crippen LogP contribution is -2.63. The van der Waals surface area contributed by atoms with Crippen LogP contribution in [0.3, 0.4) is 0 Å². The number of rotatable bonds is 20. The van der Waals surface area contributed by atoms with E-state index in [4.69, 9.17) is 4.74 Å². The number of aliphatic hydroxyl groups excluding tert-OH is 1. The number of hydrogen-bond donors (Lipinski definition) is 7. The highest BCUT2D eigenvalue weighted by Gasteiger charge is 2.38. The standard InChI is InChI=1S/C46H56N6O6/c1-30(2)39(43(54)49-27-33-18-10-6-11-19-33)51-45(56)41(47-25-24-35-28-48-37-23-15-14-22-36(35)37)42(53)38(26-32-16-8-5-9-17-32)50-44(55)40(31(3)4)52-46(57)58-29-34-20-12-7-13-21-34/h5-23,28,30-31,38-42,47-48,53H,24-27,29H2,1-4H3,(H,49,54)(H,50,55)(H,51,56)(H,52,57)/t38-,39-,40-,41+,42+/m0/s1. The first-order valence-electron chi connectivity index (χ1n) is 19.9. The van der Waals surface area contributed by atoms with Gasteiger partial charge in [0.05, 0.1) is 12.1 Å². The van der Waals surface area contributed by atoms with Crippen molar-refractivity contribution in [3.63, 3.8) is 0 Å². The lowest BCUT2D eigenvalue weighted by Gasteiger charge is -2.33. The molecular weight excluding hydrogens is 733 g/mol. The minimum absolute atomic E-state index is 0.0249. The molecule has 1 heterocycles. The van der Waals surface area contributed by atoms with E-state index in [9.17, 15) is 24.3 Å². The molecule has 0 aliphatic rings. The maximum absolute atomic E-state index is 14.4. The molecule has 5 aromatic rings. The molecule has 0 spiro atoms. The Labute approximate surface area is 340 Å². The Morgan fingerprint density at radius 3 is 1.83 bits per heavy atom. The van der Waals surface area contributed by atoms with Crippen LogP contribution < -0.4 is 26.6 Å². The van der Waals surface area contributed by atoms with Crippen molar-refractivity contribution in [2.45, 2.75) is 84.0 Å². The molecule has 5 rings (SSSR count). The lowest BCUT2D eigenvalue weighted by molar-refractivity contribution is -0.133. The first-order valence-corrected chi connectivity index (χ1v) is 19.9. The van der Waals surface area contributed by atoms with Crippen molar-refractivity contribution in [2.24, 2.45) is 11.8 Å². The maximum Gasteiger partial charge on any atom is 0.408 e. The van der Waals surface area contributed by atoms with Gasteiger partial charge in [-0.05, 0) is 53.0 Å². The van der Waals surface area contributed by atoms with Crippen LogP contribution in [0.1, 0.15) is 49.9 Å². The zero-order valence-electron chi connectivity index (χ0n) is 33.6. The molecule has 0 fully saturated rings. The average Bonchev–Trinajstić information content (AvgIpc) is 3.65. The number of amides is 4. The summed E-state index contributed by atoms with van der Waals surface area (Å²) in [6, 6.07) is 31.7. The van der Waals surface area contributed by atoms with Crippen LogP contribution in [0.2, 0.25) is 0 Å². The predicted octanol–water partition coefficient (Wildman–Crippen LogP) is 5.17. The fourth-order valence-corrected chi connectivity index (χ4v) is 6.80. The highest BCUT2D eigenvalue weighted by molar-refractivity contribution is 5.91. The number of carbonyl (C=O) groups is 4. The fraction of sp³-hybridized carbons (Fsp3) is 0.348. The molecule has 12 heteroatoms. The van der Waals surface area contributed by atoms with E-state index in [-0.39, 0.29) is 37.3 Å². The normalized spacial score (nSPS) is 13.9. The number of aromatic nitrogens is 1. The molecule has 0 saturated heterocycles. The number of ether oxygens (including phenoxy) is 1. The zero-order valence-corrected chi connectivity index (χ0v) is 33.6. The number of alkyl carbamates (subject to hydrolysis) is 1. The van der Waals surface area contributed by atoms with E-state index < -0.39 is 48.2 Å². The summed E-state index contributed by atoms with van der Waals surface area (Å²) in [4.78, 5) is 58.2. The molecule has 0 bridgehead atoms. The van der Waals surface area contributed by atoms with E-state index in [0.717, 1.165) is 33.2 Å². The molecule has 58 heavy (non-hydrogen) atoms. The SMILES string of the molecule is CC(C)[C@H](NC(=O)OCc1ccccc1)C(=O)N[C@@H](Cc1ccccc1)[C@@H](O)[C@@H](NCCc1c[nH]c2ccccc12)C(=O)N[C@H](C(=O)NCc1ccccc1)C(C)C. The Balaban J connectivity index is 1.37. The second-order valence-electron chi connectivity index (χ2n) is 15.2. The van der Waals surface area contributed by atoms with Crippen molar-refractivity contribution < 1.29 is 29.0 Å². The minimum atomic E-state index is -1.48. The monoisotopic (exact) mass is 788 g/mol. The number of hydrogen-bond acceptors (Lipinski definition) is 7. The smallest absolute Gasteiger partial charge is 0.408 e. The Kier molecular flexibility index (Phi) is 16.0. The van der Waals surface area contributed by atoms with Crippen molar-refractivity contribution in [1.29, 1.82) is 0 Å². The van der Waals surface area contributed by atoms with Gasteiger partial charge in [0.1, 0.15) is 24.7 Å². The van der Waals surface area contributed by atoms with E-state index in [0.29, 0.717) is 13.0 Å². The first kappa shape index (κ1) is 43.1. The number of fused-ring (bicyclic) bond motifs is 1. The number of aliphatic hydroxyl groups is 1. The number of para-hydroxylation sites is 1. The van der Waals surface area contributed by atoms with Gasteiger partial charge in [-0.15, -0.1) is 0 Å². The highest BCUT2D eigenvalue weighted by atomic mass is 16.5. The Bertz CT molecular complexity index is 2060. The summed E-state index contributed by atoms with van der Waals surface area (Å²) < 4.78 is 5.42. The van der Waals surface area contributed by atoms with Gasteiger partial charge in [0, 0.05) is 30.2 Å². The van der Waals surface area contributed by atoms with Crippen LogP contribution >= 0.6 is 0 Å². The Morgan fingerprint density at radius 1 is 0.638 bits per heavy atom. The molecule has 306 valence electrons. The van der Waals surface area contributed by atoms with Crippen molar-refractivity contribution >= 4 is 34.7 Å². The number of nitrogens with one attached hydrogen (secondary N) is 6. The number of benzene rings is 4. The summed E-state index contributed by atoms with van der Waals surface area (Å²) in [7, 11) is 0. The van der Waals surface area contributed by atoms with E-state index in [1.165, 1.54) is 0 Å². The van der Waals surface area contributed by atoms with Crippen molar-refractivity contribution in [1.82, 2.24) is 31.6 Å². The third-order valence-corrected chi connectivity index (χ3v) is 10.1. The first-order chi connectivity index (χ1) is 28.0. The van der Waals surface area contributed by atoms with E-state index in [1.807, 2.05) is 135 Å². The lowest BCUT2D eigenvalue weighted by atomic mass is 9.93. The largest absolute Gasteiger partial charge is 0.445 e. The van der Waals surface area contributed by atoms with Crippen LogP contribution in [0, 0.1) is 11.8 Å². The van der Waals surface area contributed by atoms with Crippen molar-refractivity contribution in [2.75, 3.05) is 6.54 Å². The van der Waals surface area contributed by atoms with Gasteiger partial charge in [0.2, 0.25) is 17.7 Å². The van der Waals surface area contributed by atoms with E-state index in [1.54, 1.807) is 13.8 Å². The average molecular weight is 789 g/mol. The number of carbonyl (C=O) groups excluding carboxylic acids is 4. The molecule has 0 unspecified atom stereocenters. The van der Waals surface area contributed by atoms with Crippen LogP contribution in [0.4, 0.5) is 4.79 Å². The number of H-pyrrole nitrogens is 1. The van der Waals surface area contributed by atoms with Gasteiger partial charge >= 0.3 is 6.09 Å². The topological polar surface area (TPSA) is 174 Å².